The van der Waals surface area contributed by atoms with Gasteiger partial charge < -0.3 is 4.90 Å². The molecule has 0 bridgehead atoms. The summed E-state index contributed by atoms with van der Waals surface area (Å²) in [5, 5.41) is 6.42. The maximum absolute atomic E-state index is 11.6. The number of carbonyl (C=O) groups excluding carboxylic acids is 1. The van der Waals surface area contributed by atoms with Crippen molar-refractivity contribution in [3.63, 3.8) is 0 Å². The van der Waals surface area contributed by atoms with Gasteiger partial charge in [0.2, 0.25) is 0 Å². The molecule has 0 fully saturated rings. The van der Waals surface area contributed by atoms with E-state index in [9.17, 15) is 4.79 Å². The summed E-state index contributed by atoms with van der Waals surface area (Å²) in [4.78, 5) is 13.3. The highest BCUT2D eigenvalue weighted by atomic mass is 35.5. The minimum Gasteiger partial charge on any atom is -0.342 e. The molecule has 4 nitrogen and oxygen atoms in total. The molecule has 0 aliphatic rings. The van der Waals surface area contributed by atoms with Gasteiger partial charge in [-0.05, 0) is 13.3 Å². The van der Waals surface area contributed by atoms with Crippen LogP contribution in [0.1, 0.15) is 23.7 Å². The monoisotopic (exact) mass is 215 g/mol. The van der Waals surface area contributed by atoms with E-state index in [1.165, 1.54) is 6.20 Å². The second-order valence-electron chi connectivity index (χ2n) is 3.28. The van der Waals surface area contributed by atoms with Crippen LogP contribution in [0.4, 0.5) is 0 Å². The minimum atomic E-state index is -0.0314. The van der Waals surface area contributed by atoms with Crippen molar-refractivity contribution >= 4 is 17.5 Å². The fourth-order valence-corrected chi connectivity index (χ4v) is 1.16. The van der Waals surface area contributed by atoms with E-state index in [1.807, 2.05) is 6.92 Å². The van der Waals surface area contributed by atoms with Gasteiger partial charge in [0, 0.05) is 25.2 Å². The number of alkyl halides is 1. The molecule has 0 saturated heterocycles. The molecule has 0 aliphatic carbocycles. The zero-order valence-corrected chi connectivity index (χ0v) is 9.08. The molecule has 1 heterocycles. The van der Waals surface area contributed by atoms with Crippen molar-refractivity contribution in [2.75, 3.05) is 13.6 Å². The van der Waals surface area contributed by atoms with Crippen LogP contribution in [0.15, 0.2) is 12.4 Å². The van der Waals surface area contributed by atoms with E-state index in [0.29, 0.717) is 12.1 Å². The number of halogens is 1. The summed E-state index contributed by atoms with van der Waals surface area (Å²) in [6, 6.07) is 0. The van der Waals surface area contributed by atoms with Crippen LogP contribution in [0.3, 0.4) is 0 Å². The van der Waals surface area contributed by atoms with Gasteiger partial charge in [0.25, 0.3) is 5.91 Å². The first-order chi connectivity index (χ1) is 6.61. The first kappa shape index (κ1) is 11.0. The number of hydrogen-bond donors (Lipinski definition) is 1. The molecule has 78 valence electrons. The third-order valence-corrected chi connectivity index (χ3v) is 2.17. The number of H-pyrrole nitrogens is 1. The van der Waals surface area contributed by atoms with Crippen molar-refractivity contribution < 1.29 is 4.79 Å². The zero-order valence-electron chi connectivity index (χ0n) is 8.33. The van der Waals surface area contributed by atoms with Gasteiger partial charge in [-0.25, -0.2) is 0 Å². The first-order valence-corrected chi connectivity index (χ1v) is 4.93. The molecule has 1 rings (SSSR count). The van der Waals surface area contributed by atoms with Gasteiger partial charge in [-0.3, -0.25) is 9.89 Å². The molecule has 1 amide bonds. The maximum Gasteiger partial charge on any atom is 0.256 e. The number of rotatable bonds is 4. The molecule has 0 saturated carbocycles. The summed E-state index contributed by atoms with van der Waals surface area (Å²) < 4.78 is 0. The van der Waals surface area contributed by atoms with E-state index in [2.05, 4.69) is 10.2 Å². The van der Waals surface area contributed by atoms with Crippen molar-refractivity contribution in [2.24, 2.45) is 0 Å². The number of nitrogens with zero attached hydrogens (tertiary/aromatic N) is 2. The van der Waals surface area contributed by atoms with Crippen LogP contribution in [0.25, 0.3) is 0 Å². The summed E-state index contributed by atoms with van der Waals surface area (Å²) in [5.74, 6) is -0.0314. The van der Waals surface area contributed by atoms with E-state index in [4.69, 9.17) is 11.6 Å². The largest absolute Gasteiger partial charge is 0.342 e. The summed E-state index contributed by atoms with van der Waals surface area (Å²) >= 11 is 5.79. The normalized spacial score (nSPS) is 12.5. The van der Waals surface area contributed by atoms with E-state index in [1.54, 1.807) is 18.1 Å². The Morgan fingerprint density at radius 3 is 3.00 bits per heavy atom. The first-order valence-electron chi connectivity index (χ1n) is 4.49. The predicted octanol–water partition coefficient (Wildman–Crippen LogP) is 1.50. The van der Waals surface area contributed by atoms with Crippen LogP contribution in [0.2, 0.25) is 0 Å². The van der Waals surface area contributed by atoms with Crippen LogP contribution in [-0.2, 0) is 0 Å². The highest BCUT2D eigenvalue weighted by Crippen LogP contribution is 2.04. The number of amides is 1. The Balaban J connectivity index is 2.45. The molecular formula is C9H14ClN3O. The lowest BCUT2D eigenvalue weighted by Crippen LogP contribution is -2.28. The van der Waals surface area contributed by atoms with Gasteiger partial charge in [0.05, 0.1) is 11.8 Å². The van der Waals surface area contributed by atoms with E-state index in [-0.39, 0.29) is 11.3 Å². The van der Waals surface area contributed by atoms with Gasteiger partial charge in [-0.1, -0.05) is 0 Å². The van der Waals surface area contributed by atoms with Crippen molar-refractivity contribution in [2.45, 2.75) is 18.7 Å². The zero-order chi connectivity index (χ0) is 10.6. The van der Waals surface area contributed by atoms with Crippen molar-refractivity contribution in [3.8, 4) is 0 Å². The van der Waals surface area contributed by atoms with Gasteiger partial charge in [0.1, 0.15) is 0 Å². The maximum atomic E-state index is 11.6. The summed E-state index contributed by atoms with van der Waals surface area (Å²) in [6.45, 7) is 2.58. The second-order valence-corrected chi connectivity index (χ2v) is 4.03. The molecular weight excluding hydrogens is 202 g/mol. The molecule has 1 atom stereocenters. The molecule has 1 aromatic rings. The van der Waals surface area contributed by atoms with Gasteiger partial charge in [0.15, 0.2) is 0 Å². The minimum absolute atomic E-state index is 0.0314. The molecule has 1 N–H and O–H groups in total. The topological polar surface area (TPSA) is 49.0 Å². The highest BCUT2D eigenvalue weighted by molar-refractivity contribution is 6.20. The Morgan fingerprint density at radius 1 is 1.79 bits per heavy atom. The summed E-state index contributed by atoms with van der Waals surface area (Å²) in [5.41, 5.74) is 0.578. The van der Waals surface area contributed by atoms with Crippen LogP contribution >= 0.6 is 11.6 Å². The average Bonchev–Trinajstić information content (AvgIpc) is 2.65. The Hall–Kier alpha value is -1.03. The van der Waals surface area contributed by atoms with Crippen LogP contribution in [0, 0.1) is 0 Å². The Bertz CT molecular complexity index is 284. The average molecular weight is 216 g/mol. The van der Waals surface area contributed by atoms with Gasteiger partial charge in [-0.2, -0.15) is 5.10 Å². The second kappa shape index (κ2) is 5.00. The smallest absolute Gasteiger partial charge is 0.256 e. The van der Waals surface area contributed by atoms with E-state index < -0.39 is 0 Å². The molecule has 5 heteroatoms. The quantitative estimate of drug-likeness (QED) is 0.774. The number of aromatic amines is 1. The lowest BCUT2D eigenvalue weighted by atomic mass is 10.2. The molecule has 1 aromatic heterocycles. The number of aromatic nitrogens is 2. The molecule has 14 heavy (non-hydrogen) atoms. The van der Waals surface area contributed by atoms with Crippen molar-refractivity contribution in [3.05, 3.63) is 18.0 Å². The van der Waals surface area contributed by atoms with Crippen molar-refractivity contribution in [1.29, 1.82) is 0 Å². The number of hydrogen-bond acceptors (Lipinski definition) is 2. The third-order valence-electron chi connectivity index (χ3n) is 1.95. The lowest BCUT2D eigenvalue weighted by molar-refractivity contribution is 0.0794. The van der Waals surface area contributed by atoms with Crippen LogP contribution < -0.4 is 0 Å². The highest BCUT2D eigenvalue weighted by Gasteiger charge is 2.12. The fraction of sp³-hybridized carbons (Fsp3) is 0.556. The van der Waals surface area contributed by atoms with Gasteiger partial charge >= 0.3 is 0 Å². The molecule has 1 unspecified atom stereocenters. The predicted molar refractivity (Wildman–Crippen MR) is 55.5 cm³/mol. The Morgan fingerprint density at radius 2 is 2.50 bits per heavy atom. The Labute approximate surface area is 88.2 Å². The summed E-state index contributed by atoms with van der Waals surface area (Å²) in [6.07, 6.45) is 3.90. The van der Waals surface area contributed by atoms with Crippen LogP contribution in [0.5, 0.6) is 0 Å². The lowest BCUT2D eigenvalue weighted by Gasteiger charge is -2.16. The standard InChI is InChI=1S/C9H14ClN3O/c1-7(10)3-4-13(2)9(14)8-5-11-12-6-8/h5-7H,3-4H2,1-2H3,(H,11,12). The molecule has 0 spiro atoms. The third kappa shape index (κ3) is 3.03. The molecule has 0 aliphatic heterocycles. The SMILES string of the molecule is CC(Cl)CCN(C)C(=O)c1cn[nH]c1. The fourth-order valence-electron chi connectivity index (χ4n) is 1.06. The number of nitrogens with one attached hydrogen (secondary N) is 1. The van der Waals surface area contributed by atoms with Crippen molar-refractivity contribution in [1.82, 2.24) is 15.1 Å². The van der Waals surface area contributed by atoms with E-state index in [0.717, 1.165) is 6.42 Å². The van der Waals surface area contributed by atoms with Crippen LogP contribution in [-0.4, -0.2) is 40.0 Å². The Kier molecular flexibility index (Phi) is 3.95. The van der Waals surface area contributed by atoms with E-state index >= 15 is 0 Å². The summed E-state index contributed by atoms with van der Waals surface area (Å²) in [7, 11) is 1.76. The van der Waals surface area contributed by atoms with Gasteiger partial charge in [-0.15, -0.1) is 11.6 Å². The molecule has 0 radical (unpaired) electrons. The molecule has 0 aromatic carbocycles. The number of carbonyl (C=O) groups is 1.